The van der Waals surface area contributed by atoms with Crippen molar-refractivity contribution in [2.24, 2.45) is 5.92 Å². The molecule has 6 rings (SSSR count). The molecular formula is C22H26INO4. The van der Waals surface area contributed by atoms with Gasteiger partial charge in [0.25, 0.3) is 0 Å². The van der Waals surface area contributed by atoms with Gasteiger partial charge in [-0.05, 0) is 62.6 Å². The number of alkyl halides is 1. The molecule has 0 amide bonds. The molecule has 3 aliphatic carbocycles. The molecule has 150 valence electrons. The van der Waals surface area contributed by atoms with Crippen molar-refractivity contribution in [3.63, 3.8) is 0 Å². The number of likely N-dealkylation sites (tertiary alicyclic amines) is 1. The highest BCUT2D eigenvalue weighted by Gasteiger charge is 2.72. The third kappa shape index (κ3) is 2.17. The lowest BCUT2D eigenvalue weighted by atomic mass is 9.49. The van der Waals surface area contributed by atoms with Crippen molar-refractivity contribution in [2.45, 2.75) is 72.5 Å². The van der Waals surface area contributed by atoms with E-state index in [1.54, 1.807) is 0 Å². The van der Waals surface area contributed by atoms with E-state index in [4.69, 9.17) is 9.47 Å². The van der Waals surface area contributed by atoms with Crippen molar-refractivity contribution in [3.05, 3.63) is 23.3 Å². The van der Waals surface area contributed by atoms with E-state index in [0.717, 1.165) is 50.3 Å². The summed E-state index contributed by atoms with van der Waals surface area (Å²) in [6.45, 7) is 3.57. The molecule has 1 aromatic rings. The first kappa shape index (κ1) is 18.0. The highest BCUT2D eigenvalue weighted by atomic mass is 127. The summed E-state index contributed by atoms with van der Waals surface area (Å²) in [4.78, 5) is 14.2. The molecule has 0 aromatic heterocycles. The Balaban J connectivity index is 1.53. The van der Waals surface area contributed by atoms with Gasteiger partial charge in [-0.3, -0.25) is 9.69 Å². The van der Waals surface area contributed by atoms with E-state index < -0.39 is 5.60 Å². The van der Waals surface area contributed by atoms with Gasteiger partial charge in [0.15, 0.2) is 11.5 Å². The van der Waals surface area contributed by atoms with E-state index in [2.05, 4.69) is 33.6 Å². The van der Waals surface area contributed by atoms with Crippen LogP contribution in [0.2, 0.25) is 0 Å². The fourth-order valence-electron chi connectivity index (χ4n) is 6.65. The van der Waals surface area contributed by atoms with Gasteiger partial charge in [0.1, 0.15) is 6.10 Å². The number of esters is 1. The number of rotatable bonds is 3. The lowest BCUT2D eigenvalue weighted by molar-refractivity contribution is -0.182. The predicted molar refractivity (Wildman–Crippen MR) is 112 cm³/mol. The molecule has 2 saturated carbocycles. The maximum Gasteiger partial charge on any atom is 0.308 e. The summed E-state index contributed by atoms with van der Waals surface area (Å²) in [5, 5.41) is 12.3. The van der Waals surface area contributed by atoms with E-state index in [9.17, 15) is 9.90 Å². The number of carbonyl (C=O) groups excluding carboxylic acids is 1. The largest absolute Gasteiger partial charge is 0.484 e. The summed E-state index contributed by atoms with van der Waals surface area (Å²) in [5.74, 6) is 1.72. The molecule has 1 saturated heterocycles. The van der Waals surface area contributed by atoms with Crippen LogP contribution in [0.15, 0.2) is 12.1 Å². The third-order valence-corrected chi connectivity index (χ3v) is 9.20. The highest BCUT2D eigenvalue weighted by molar-refractivity contribution is 14.1. The third-order valence-electron chi connectivity index (χ3n) is 7.93. The quantitative estimate of drug-likeness (QED) is 0.303. The van der Waals surface area contributed by atoms with Gasteiger partial charge >= 0.3 is 5.97 Å². The molecule has 0 radical (unpaired) electrons. The number of halogens is 1. The minimum atomic E-state index is -0.764. The Morgan fingerprint density at radius 1 is 1.36 bits per heavy atom. The minimum absolute atomic E-state index is 0.0526. The summed E-state index contributed by atoms with van der Waals surface area (Å²) in [6.07, 6.45) is 6.17. The van der Waals surface area contributed by atoms with Gasteiger partial charge in [-0.15, -0.1) is 0 Å². The zero-order valence-corrected chi connectivity index (χ0v) is 18.3. The monoisotopic (exact) mass is 495 g/mol. The molecule has 28 heavy (non-hydrogen) atoms. The number of aliphatic hydroxyl groups is 1. The van der Waals surface area contributed by atoms with Crippen LogP contribution in [0, 0.1) is 5.92 Å². The molecule has 1 spiro atoms. The Labute approximate surface area is 178 Å². The SMILES string of the molecule is CC(=O)Oc1ccc2c3c1O[C@H]1[C@H](I)CC[C@@]4(O)[C@@H](C2)N(CC2CC2)CC[C@]314. The van der Waals surface area contributed by atoms with Crippen LogP contribution in [0.3, 0.4) is 0 Å². The number of nitrogens with zero attached hydrogens (tertiary/aromatic N) is 1. The normalized spacial score (nSPS) is 40.6. The van der Waals surface area contributed by atoms with Gasteiger partial charge in [-0.25, -0.2) is 0 Å². The van der Waals surface area contributed by atoms with Gasteiger partial charge in [0.2, 0.25) is 0 Å². The van der Waals surface area contributed by atoms with Crippen molar-refractivity contribution in [2.75, 3.05) is 13.1 Å². The second-order valence-electron chi connectivity index (χ2n) is 9.42. The van der Waals surface area contributed by atoms with Gasteiger partial charge in [-0.1, -0.05) is 28.7 Å². The van der Waals surface area contributed by atoms with Crippen molar-refractivity contribution in [1.82, 2.24) is 4.90 Å². The molecule has 1 aromatic carbocycles. The van der Waals surface area contributed by atoms with E-state index in [1.807, 2.05) is 6.07 Å². The summed E-state index contributed by atoms with van der Waals surface area (Å²) in [5.41, 5.74) is 1.28. The molecule has 6 heteroatoms. The van der Waals surface area contributed by atoms with Crippen molar-refractivity contribution >= 4 is 28.6 Å². The molecule has 3 fully saturated rings. The molecule has 1 N–H and O–H groups in total. The van der Waals surface area contributed by atoms with Crippen LogP contribution >= 0.6 is 22.6 Å². The Morgan fingerprint density at radius 3 is 2.93 bits per heavy atom. The van der Waals surface area contributed by atoms with Crippen molar-refractivity contribution in [1.29, 1.82) is 0 Å². The van der Waals surface area contributed by atoms with Gasteiger partial charge in [0, 0.05) is 29.0 Å². The summed E-state index contributed by atoms with van der Waals surface area (Å²) in [6, 6.07) is 4.15. The molecular weight excluding hydrogens is 469 g/mol. The van der Waals surface area contributed by atoms with Crippen LogP contribution in [0.5, 0.6) is 11.5 Å². The first-order chi connectivity index (χ1) is 13.4. The van der Waals surface area contributed by atoms with Crippen LogP contribution in [0.1, 0.15) is 50.2 Å². The highest BCUT2D eigenvalue weighted by Crippen LogP contribution is 2.66. The Kier molecular flexibility index (Phi) is 3.75. The van der Waals surface area contributed by atoms with Crippen LogP contribution < -0.4 is 9.47 Å². The number of hydrogen-bond donors (Lipinski definition) is 1. The van der Waals surface area contributed by atoms with E-state index in [-0.39, 0.29) is 23.5 Å². The van der Waals surface area contributed by atoms with Gasteiger partial charge in [-0.2, -0.15) is 0 Å². The molecule has 5 nitrogen and oxygen atoms in total. The molecule has 2 bridgehead atoms. The number of hydrogen-bond acceptors (Lipinski definition) is 5. The van der Waals surface area contributed by atoms with Crippen LogP contribution in [0.4, 0.5) is 0 Å². The number of piperidine rings is 1. The van der Waals surface area contributed by atoms with Crippen LogP contribution in [-0.4, -0.2) is 50.7 Å². The minimum Gasteiger partial charge on any atom is -0.484 e. The zero-order chi connectivity index (χ0) is 19.3. The number of ether oxygens (including phenoxy) is 2. The van der Waals surface area contributed by atoms with E-state index in [1.165, 1.54) is 25.3 Å². The van der Waals surface area contributed by atoms with Gasteiger partial charge < -0.3 is 14.6 Å². The molecule has 5 atom stereocenters. The smallest absolute Gasteiger partial charge is 0.308 e. The van der Waals surface area contributed by atoms with Gasteiger partial charge in [0.05, 0.1) is 11.0 Å². The topological polar surface area (TPSA) is 59.0 Å². The van der Waals surface area contributed by atoms with Crippen molar-refractivity contribution < 1.29 is 19.4 Å². The first-order valence-electron chi connectivity index (χ1n) is 10.6. The summed E-state index contributed by atoms with van der Waals surface area (Å²) < 4.78 is 12.4. The second kappa shape index (κ2) is 5.85. The lowest BCUT2D eigenvalue weighted by Crippen LogP contribution is -2.76. The molecule has 2 heterocycles. The molecule has 2 aliphatic heterocycles. The number of benzene rings is 1. The van der Waals surface area contributed by atoms with Crippen molar-refractivity contribution in [3.8, 4) is 11.5 Å². The summed E-state index contributed by atoms with van der Waals surface area (Å²) in [7, 11) is 0. The maximum absolute atomic E-state index is 12.3. The Bertz CT molecular complexity index is 870. The lowest BCUT2D eigenvalue weighted by Gasteiger charge is -2.63. The molecule has 5 aliphatic rings. The van der Waals surface area contributed by atoms with E-state index >= 15 is 0 Å². The fourth-order valence-corrected chi connectivity index (χ4v) is 7.72. The Morgan fingerprint density at radius 2 is 2.18 bits per heavy atom. The Hall–Kier alpha value is -0.860. The standard InChI is InChI=1S/C22H26INO4/c1-12(25)27-16-5-4-14-10-17-22(26)7-6-15(23)20-21(22,18(14)19(16)28-20)8-9-24(17)11-13-2-3-13/h4-5,13,15,17,20,26H,2-3,6-11H2,1H3/t15-,17-,20+,21+,22-/m1/s1. The first-order valence-corrected chi connectivity index (χ1v) is 11.8. The summed E-state index contributed by atoms with van der Waals surface area (Å²) >= 11 is 2.50. The predicted octanol–water partition coefficient (Wildman–Crippen LogP) is 2.98. The zero-order valence-electron chi connectivity index (χ0n) is 16.1. The average molecular weight is 495 g/mol. The van der Waals surface area contributed by atoms with E-state index in [0.29, 0.717) is 15.4 Å². The maximum atomic E-state index is 12.3. The molecule has 0 unspecified atom stereocenters. The fraction of sp³-hybridized carbons (Fsp3) is 0.682. The van der Waals surface area contributed by atoms with Crippen LogP contribution in [0.25, 0.3) is 0 Å². The second-order valence-corrected chi connectivity index (χ2v) is 11.0. The van der Waals surface area contributed by atoms with Crippen LogP contribution in [-0.2, 0) is 16.6 Å². The average Bonchev–Trinajstić information content (AvgIpc) is 3.38. The number of carbonyl (C=O) groups is 1.